The summed E-state index contributed by atoms with van der Waals surface area (Å²) >= 11 is 1.90. The van der Waals surface area contributed by atoms with E-state index in [1.54, 1.807) is 5.56 Å². The summed E-state index contributed by atoms with van der Waals surface area (Å²) in [6.45, 7) is 3.30. The molecule has 108 valence electrons. The highest BCUT2D eigenvalue weighted by Gasteiger charge is 2.25. The molecule has 1 aliphatic rings. The largest absolute Gasteiger partial charge is 0.310 e. The van der Waals surface area contributed by atoms with Crippen LogP contribution < -0.4 is 5.32 Å². The molecule has 2 aromatic rings. The van der Waals surface area contributed by atoms with Crippen LogP contribution in [0.25, 0.3) is 10.1 Å². The SMILES string of the molecule is CCNC(c1csc2ccccc12)C1CCCCCC1. The van der Waals surface area contributed by atoms with Crippen molar-refractivity contribution in [3.8, 4) is 0 Å². The lowest BCUT2D eigenvalue weighted by molar-refractivity contribution is 0.332. The fourth-order valence-corrected chi connectivity index (χ4v) is 4.63. The number of fused-ring (bicyclic) bond motifs is 1. The fraction of sp³-hybridized carbons (Fsp3) is 0.556. The van der Waals surface area contributed by atoms with Crippen LogP contribution in [0.1, 0.15) is 57.1 Å². The monoisotopic (exact) mass is 287 g/mol. The predicted molar refractivity (Wildman–Crippen MR) is 89.4 cm³/mol. The molecule has 3 rings (SSSR count). The van der Waals surface area contributed by atoms with E-state index in [0.29, 0.717) is 6.04 Å². The summed E-state index contributed by atoms with van der Waals surface area (Å²) in [7, 11) is 0. The summed E-state index contributed by atoms with van der Waals surface area (Å²) in [5, 5.41) is 7.64. The van der Waals surface area contributed by atoms with Crippen LogP contribution in [0.5, 0.6) is 0 Å². The first kappa shape index (κ1) is 14.1. The molecule has 1 fully saturated rings. The number of rotatable bonds is 4. The number of thiophene rings is 1. The molecule has 0 radical (unpaired) electrons. The Hall–Kier alpha value is -0.860. The molecule has 1 aromatic heterocycles. The van der Waals surface area contributed by atoms with Crippen LogP contribution in [-0.2, 0) is 0 Å². The minimum Gasteiger partial charge on any atom is -0.310 e. The van der Waals surface area contributed by atoms with E-state index < -0.39 is 0 Å². The molecule has 20 heavy (non-hydrogen) atoms. The van der Waals surface area contributed by atoms with Crippen LogP contribution in [0, 0.1) is 5.92 Å². The van der Waals surface area contributed by atoms with Crippen molar-refractivity contribution in [1.82, 2.24) is 5.32 Å². The number of hydrogen-bond acceptors (Lipinski definition) is 2. The molecule has 0 spiro atoms. The zero-order valence-electron chi connectivity index (χ0n) is 12.4. The Morgan fingerprint density at radius 1 is 1.15 bits per heavy atom. The maximum atomic E-state index is 3.78. The van der Waals surface area contributed by atoms with E-state index in [4.69, 9.17) is 0 Å². The highest BCUT2D eigenvalue weighted by atomic mass is 32.1. The average Bonchev–Trinajstić information content (AvgIpc) is 2.71. The Morgan fingerprint density at radius 2 is 1.90 bits per heavy atom. The van der Waals surface area contributed by atoms with Gasteiger partial charge in [-0.05, 0) is 47.7 Å². The third-order valence-electron chi connectivity index (χ3n) is 4.64. The van der Waals surface area contributed by atoms with Gasteiger partial charge in [0.1, 0.15) is 0 Å². The van der Waals surface area contributed by atoms with Gasteiger partial charge in [-0.2, -0.15) is 0 Å². The molecule has 1 saturated carbocycles. The van der Waals surface area contributed by atoms with Gasteiger partial charge in [-0.25, -0.2) is 0 Å². The van der Waals surface area contributed by atoms with Gasteiger partial charge in [0, 0.05) is 10.7 Å². The molecule has 0 bridgehead atoms. The van der Waals surface area contributed by atoms with Gasteiger partial charge in [0.15, 0.2) is 0 Å². The van der Waals surface area contributed by atoms with Crippen LogP contribution >= 0.6 is 11.3 Å². The molecule has 1 aliphatic carbocycles. The van der Waals surface area contributed by atoms with E-state index in [1.165, 1.54) is 48.6 Å². The molecule has 1 aromatic carbocycles. The first-order valence-corrected chi connectivity index (χ1v) is 8.97. The van der Waals surface area contributed by atoms with E-state index in [1.807, 2.05) is 11.3 Å². The Morgan fingerprint density at radius 3 is 2.65 bits per heavy atom. The summed E-state index contributed by atoms with van der Waals surface area (Å²) in [5.41, 5.74) is 1.54. The maximum absolute atomic E-state index is 3.78. The second kappa shape index (κ2) is 6.73. The maximum Gasteiger partial charge on any atom is 0.0363 e. The second-order valence-corrected chi connectivity index (χ2v) is 6.89. The van der Waals surface area contributed by atoms with E-state index >= 15 is 0 Å². The van der Waals surface area contributed by atoms with Gasteiger partial charge in [-0.15, -0.1) is 11.3 Å². The van der Waals surface area contributed by atoms with Gasteiger partial charge in [0.2, 0.25) is 0 Å². The highest BCUT2D eigenvalue weighted by Crippen LogP contribution is 2.38. The smallest absolute Gasteiger partial charge is 0.0363 e. The average molecular weight is 287 g/mol. The lowest BCUT2D eigenvalue weighted by atomic mass is 9.87. The van der Waals surface area contributed by atoms with E-state index in [9.17, 15) is 0 Å². The zero-order chi connectivity index (χ0) is 13.8. The highest BCUT2D eigenvalue weighted by molar-refractivity contribution is 7.17. The van der Waals surface area contributed by atoms with Gasteiger partial charge in [0.05, 0.1) is 0 Å². The van der Waals surface area contributed by atoms with E-state index in [2.05, 4.69) is 41.9 Å². The third kappa shape index (κ3) is 2.91. The normalized spacial score (nSPS) is 19.1. The first-order valence-electron chi connectivity index (χ1n) is 8.09. The van der Waals surface area contributed by atoms with Gasteiger partial charge in [0.25, 0.3) is 0 Å². The minimum absolute atomic E-state index is 0.550. The molecule has 0 amide bonds. The minimum atomic E-state index is 0.550. The molecule has 1 atom stereocenters. The van der Waals surface area contributed by atoms with Crippen molar-refractivity contribution >= 4 is 21.4 Å². The summed E-state index contributed by atoms with van der Waals surface area (Å²) in [6.07, 6.45) is 8.46. The number of hydrogen-bond donors (Lipinski definition) is 1. The molecular weight excluding hydrogens is 262 g/mol. The molecule has 1 N–H and O–H groups in total. The van der Waals surface area contributed by atoms with Crippen LogP contribution in [0.15, 0.2) is 29.6 Å². The van der Waals surface area contributed by atoms with Gasteiger partial charge in [-0.3, -0.25) is 0 Å². The quantitative estimate of drug-likeness (QED) is 0.730. The number of nitrogens with one attached hydrogen (secondary N) is 1. The third-order valence-corrected chi connectivity index (χ3v) is 5.62. The predicted octanol–water partition coefficient (Wildman–Crippen LogP) is 5.52. The fourth-order valence-electron chi connectivity index (χ4n) is 3.63. The van der Waals surface area contributed by atoms with Crippen molar-refractivity contribution in [2.24, 2.45) is 5.92 Å². The molecule has 2 heteroatoms. The molecule has 0 saturated heterocycles. The van der Waals surface area contributed by atoms with E-state index in [0.717, 1.165) is 12.5 Å². The van der Waals surface area contributed by atoms with Crippen LogP contribution in [0.4, 0.5) is 0 Å². The van der Waals surface area contributed by atoms with Crippen molar-refractivity contribution in [2.45, 2.75) is 51.5 Å². The second-order valence-electron chi connectivity index (χ2n) is 5.97. The van der Waals surface area contributed by atoms with Crippen molar-refractivity contribution in [2.75, 3.05) is 6.54 Å². The van der Waals surface area contributed by atoms with E-state index in [-0.39, 0.29) is 0 Å². The van der Waals surface area contributed by atoms with Crippen molar-refractivity contribution in [3.05, 3.63) is 35.2 Å². The van der Waals surface area contributed by atoms with Crippen LogP contribution in [0.2, 0.25) is 0 Å². The summed E-state index contributed by atoms with van der Waals surface area (Å²) in [4.78, 5) is 0. The standard InChI is InChI=1S/C18H25NS/c1-2-19-18(14-9-5-3-4-6-10-14)16-13-20-17-12-8-7-11-15(16)17/h7-8,11-14,18-19H,2-6,9-10H2,1H3. The molecular formula is C18H25NS. The van der Waals surface area contributed by atoms with Gasteiger partial charge < -0.3 is 5.32 Å². The first-order chi connectivity index (χ1) is 9.90. The summed E-state index contributed by atoms with van der Waals surface area (Å²) < 4.78 is 1.43. The molecule has 1 heterocycles. The van der Waals surface area contributed by atoms with Crippen LogP contribution in [-0.4, -0.2) is 6.54 Å². The topological polar surface area (TPSA) is 12.0 Å². The zero-order valence-corrected chi connectivity index (χ0v) is 13.2. The van der Waals surface area contributed by atoms with Crippen molar-refractivity contribution < 1.29 is 0 Å². The Balaban J connectivity index is 1.92. The molecule has 1 unspecified atom stereocenters. The summed E-state index contributed by atoms with van der Waals surface area (Å²) in [5.74, 6) is 0.815. The number of benzene rings is 1. The van der Waals surface area contributed by atoms with Crippen LogP contribution in [0.3, 0.4) is 0 Å². The molecule has 1 nitrogen and oxygen atoms in total. The Kier molecular flexibility index (Phi) is 4.74. The summed E-state index contributed by atoms with van der Waals surface area (Å²) in [6, 6.07) is 9.42. The van der Waals surface area contributed by atoms with Gasteiger partial charge in [-0.1, -0.05) is 50.8 Å². The Labute approximate surface area is 126 Å². The Bertz CT molecular complexity index is 537. The lowest BCUT2D eigenvalue weighted by Gasteiger charge is -2.27. The van der Waals surface area contributed by atoms with Crippen molar-refractivity contribution in [3.63, 3.8) is 0 Å². The van der Waals surface area contributed by atoms with Gasteiger partial charge >= 0.3 is 0 Å². The molecule has 0 aliphatic heterocycles. The van der Waals surface area contributed by atoms with Crippen molar-refractivity contribution in [1.29, 1.82) is 0 Å². The lowest BCUT2D eigenvalue weighted by Crippen LogP contribution is -2.28.